The van der Waals surface area contributed by atoms with Gasteiger partial charge >= 0.3 is 0 Å². The lowest BCUT2D eigenvalue weighted by molar-refractivity contribution is 0.446. The number of furan rings is 1. The Kier molecular flexibility index (Phi) is 2.60. The summed E-state index contributed by atoms with van der Waals surface area (Å²) in [6.45, 7) is 3.08. The van der Waals surface area contributed by atoms with Crippen molar-refractivity contribution in [3.63, 3.8) is 0 Å². The summed E-state index contributed by atoms with van der Waals surface area (Å²) in [7, 11) is 0. The van der Waals surface area contributed by atoms with Crippen LogP contribution in [0.1, 0.15) is 17.3 Å². The van der Waals surface area contributed by atoms with Crippen molar-refractivity contribution in [1.82, 2.24) is 15.5 Å². The van der Waals surface area contributed by atoms with Crippen molar-refractivity contribution >= 4 is 0 Å². The van der Waals surface area contributed by atoms with Crippen LogP contribution in [0.4, 0.5) is 0 Å². The maximum Gasteiger partial charge on any atom is 0.230 e. The van der Waals surface area contributed by atoms with E-state index >= 15 is 0 Å². The Bertz CT molecular complexity index is 380. The molecule has 2 aromatic heterocycles. The molecule has 2 heterocycles. The van der Waals surface area contributed by atoms with Crippen LogP contribution < -0.4 is 5.32 Å². The highest BCUT2D eigenvalue weighted by Gasteiger charge is 2.01. The molecule has 0 radical (unpaired) electrons. The van der Waals surface area contributed by atoms with E-state index < -0.39 is 0 Å². The number of rotatable bonds is 4. The predicted octanol–water partition coefficient (Wildman–Crippen LogP) is 1.26. The molecule has 5 heteroatoms. The molecule has 2 aromatic rings. The van der Waals surface area contributed by atoms with Crippen LogP contribution in [-0.4, -0.2) is 10.2 Å². The summed E-state index contributed by atoms with van der Waals surface area (Å²) in [5.74, 6) is 1.19. The molecule has 0 aromatic carbocycles. The predicted molar refractivity (Wildman–Crippen MR) is 48.3 cm³/mol. The maximum absolute atomic E-state index is 5.19. The van der Waals surface area contributed by atoms with Crippen LogP contribution in [0.5, 0.6) is 0 Å². The molecule has 74 valence electrons. The van der Waals surface area contributed by atoms with Gasteiger partial charge in [-0.3, -0.25) is 0 Å². The van der Waals surface area contributed by atoms with E-state index in [4.69, 9.17) is 8.83 Å². The average molecular weight is 193 g/mol. The number of nitrogens with zero attached hydrogens (tertiary/aromatic N) is 2. The molecule has 0 fully saturated rings. The van der Waals surface area contributed by atoms with Gasteiger partial charge in [0.05, 0.1) is 19.1 Å². The first-order chi connectivity index (χ1) is 6.84. The van der Waals surface area contributed by atoms with Crippen LogP contribution in [0.25, 0.3) is 0 Å². The van der Waals surface area contributed by atoms with Crippen molar-refractivity contribution in [1.29, 1.82) is 0 Å². The molecule has 2 rings (SSSR count). The molecule has 0 saturated carbocycles. The van der Waals surface area contributed by atoms with Crippen molar-refractivity contribution in [2.75, 3.05) is 0 Å². The van der Waals surface area contributed by atoms with Crippen LogP contribution in [0.2, 0.25) is 0 Å². The van der Waals surface area contributed by atoms with E-state index in [9.17, 15) is 0 Å². The monoisotopic (exact) mass is 193 g/mol. The van der Waals surface area contributed by atoms with Crippen LogP contribution >= 0.6 is 0 Å². The first-order valence-corrected chi connectivity index (χ1v) is 4.35. The standard InChI is InChI=1S/C9H11N3O2/c1-7-11-12-9(14-7)5-10-4-8-2-3-13-6-8/h2-3,6,10H,4-5H2,1H3. The topological polar surface area (TPSA) is 64.1 Å². The zero-order chi connectivity index (χ0) is 9.80. The SMILES string of the molecule is Cc1nnc(CNCc2ccoc2)o1. The fourth-order valence-corrected chi connectivity index (χ4v) is 1.12. The minimum atomic E-state index is 0.575. The van der Waals surface area contributed by atoms with Gasteiger partial charge in [0.1, 0.15) is 0 Å². The van der Waals surface area contributed by atoms with Crippen molar-refractivity contribution in [2.24, 2.45) is 0 Å². The molecular formula is C9H11N3O2. The fraction of sp³-hybridized carbons (Fsp3) is 0.333. The molecule has 0 spiro atoms. The quantitative estimate of drug-likeness (QED) is 0.791. The molecule has 14 heavy (non-hydrogen) atoms. The summed E-state index contributed by atoms with van der Waals surface area (Å²) < 4.78 is 10.1. The Balaban J connectivity index is 1.78. The molecule has 5 nitrogen and oxygen atoms in total. The number of hydrogen-bond donors (Lipinski definition) is 1. The summed E-state index contributed by atoms with van der Waals surface area (Å²) in [5, 5.41) is 10.8. The fourth-order valence-electron chi connectivity index (χ4n) is 1.12. The minimum absolute atomic E-state index is 0.575. The van der Waals surface area contributed by atoms with E-state index in [0.717, 1.165) is 12.1 Å². The first kappa shape index (κ1) is 8.96. The normalized spacial score (nSPS) is 10.6. The van der Waals surface area contributed by atoms with Gasteiger partial charge in [-0.1, -0.05) is 0 Å². The highest BCUT2D eigenvalue weighted by molar-refractivity contribution is 5.04. The van der Waals surface area contributed by atoms with Gasteiger partial charge in [-0.25, -0.2) is 0 Å². The van der Waals surface area contributed by atoms with Gasteiger partial charge in [0.2, 0.25) is 11.8 Å². The lowest BCUT2D eigenvalue weighted by atomic mass is 10.3. The zero-order valence-corrected chi connectivity index (χ0v) is 7.86. The molecule has 0 amide bonds. The Morgan fingerprint density at radius 1 is 1.36 bits per heavy atom. The summed E-state index contributed by atoms with van der Waals surface area (Å²) in [6, 6.07) is 1.91. The highest BCUT2D eigenvalue weighted by Crippen LogP contribution is 2.00. The van der Waals surface area contributed by atoms with Crippen molar-refractivity contribution in [3.05, 3.63) is 35.9 Å². The zero-order valence-electron chi connectivity index (χ0n) is 7.86. The maximum atomic E-state index is 5.19. The number of nitrogens with one attached hydrogen (secondary N) is 1. The van der Waals surface area contributed by atoms with E-state index in [-0.39, 0.29) is 0 Å². The van der Waals surface area contributed by atoms with E-state index in [1.54, 1.807) is 19.5 Å². The molecular weight excluding hydrogens is 182 g/mol. The molecule has 0 unspecified atom stereocenters. The Hall–Kier alpha value is -1.62. The van der Waals surface area contributed by atoms with E-state index in [2.05, 4.69) is 15.5 Å². The Labute approximate surface area is 81.1 Å². The molecule has 0 bridgehead atoms. The lowest BCUT2D eigenvalue weighted by Gasteiger charge is -1.97. The second-order valence-corrected chi connectivity index (χ2v) is 2.95. The molecule has 0 aliphatic heterocycles. The van der Waals surface area contributed by atoms with E-state index in [0.29, 0.717) is 18.3 Å². The molecule has 0 saturated heterocycles. The summed E-state index contributed by atoms with van der Waals surface area (Å²) in [6.07, 6.45) is 3.35. The van der Waals surface area contributed by atoms with Crippen molar-refractivity contribution < 1.29 is 8.83 Å². The Morgan fingerprint density at radius 3 is 2.93 bits per heavy atom. The van der Waals surface area contributed by atoms with Gasteiger partial charge in [-0.15, -0.1) is 10.2 Å². The minimum Gasteiger partial charge on any atom is -0.472 e. The number of aromatic nitrogens is 2. The van der Waals surface area contributed by atoms with Gasteiger partial charge < -0.3 is 14.2 Å². The smallest absolute Gasteiger partial charge is 0.230 e. The van der Waals surface area contributed by atoms with Gasteiger partial charge in [-0.2, -0.15) is 0 Å². The highest BCUT2D eigenvalue weighted by atomic mass is 16.4. The Morgan fingerprint density at radius 2 is 2.29 bits per heavy atom. The summed E-state index contributed by atoms with van der Waals surface area (Å²) in [5.41, 5.74) is 1.10. The van der Waals surface area contributed by atoms with E-state index in [1.807, 2.05) is 6.07 Å². The summed E-state index contributed by atoms with van der Waals surface area (Å²) >= 11 is 0. The lowest BCUT2D eigenvalue weighted by Crippen LogP contribution is -2.12. The van der Waals surface area contributed by atoms with E-state index in [1.165, 1.54) is 0 Å². The van der Waals surface area contributed by atoms with Crippen LogP contribution in [-0.2, 0) is 13.1 Å². The second-order valence-electron chi connectivity index (χ2n) is 2.95. The number of aryl methyl sites for hydroxylation is 1. The third-order valence-corrected chi connectivity index (χ3v) is 1.75. The van der Waals surface area contributed by atoms with Gasteiger partial charge in [0.25, 0.3) is 0 Å². The second kappa shape index (κ2) is 4.06. The van der Waals surface area contributed by atoms with Gasteiger partial charge in [0.15, 0.2) is 0 Å². The molecule has 1 N–H and O–H groups in total. The first-order valence-electron chi connectivity index (χ1n) is 4.35. The van der Waals surface area contributed by atoms with Crippen LogP contribution in [0.15, 0.2) is 27.4 Å². The van der Waals surface area contributed by atoms with Crippen molar-refractivity contribution in [2.45, 2.75) is 20.0 Å². The largest absolute Gasteiger partial charge is 0.472 e. The molecule has 0 aliphatic rings. The molecule has 0 atom stereocenters. The van der Waals surface area contributed by atoms with Gasteiger partial charge in [0, 0.05) is 19.0 Å². The van der Waals surface area contributed by atoms with Gasteiger partial charge in [-0.05, 0) is 6.07 Å². The summed E-state index contributed by atoms with van der Waals surface area (Å²) in [4.78, 5) is 0. The van der Waals surface area contributed by atoms with Crippen LogP contribution in [0, 0.1) is 6.92 Å². The van der Waals surface area contributed by atoms with Crippen molar-refractivity contribution in [3.8, 4) is 0 Å². The van der Waals surface area contributed by atoms with Crippen LogP contribution in [0.3, 0.4) is 0 Å². The third-order valence-electron chi connectivity index (χ3n) is 1.75. The molecule has 0 aliphatic carbocycles. The number of hydrogen-bond acceptors (Lipinski definition) is 5. The third kappa shape index (κ3) is 2.20. The average Bonchev–Trinajstić information content (AvgIpc) is 2.77.